The average Bonchev–Trinajstić information content (AvgIpc) is 2.68. The Kier molecular flexibility index (Phi) is 3.01. The Morgan fingerprint density at radius 2 is 1.89 bits per heavy atom. The summed E-state index contributed by atoms with van der Waals surface area (Å²) in [5, 5.41) is 3.41. The van der Waals surface area contributed by atoms with E-state index in [1.165, 1.54) is 30.7 Å². The highest BCUT2D eigenvalue weighted by molar-refractivity contribution is 5.17. The molecule has 3 rings (SSSR count). The van der Waals surface area contributed by atoms with Gasteiger partial charge in [-0.3, -0.25) is 0 Å². The van der Waals surface area contributed by atoms with Gasteiger partial charge in [0.1, 0.15) is 0 Å². The Bertz CT molecular complexity index is 454. The van der Waals surface area contributed by atoms with Crippen LogP contribution in [0.25, 0.3) is 0 Å². The van der Waals surface area contributed by atoms with E-state index in [2.05, 4.69) is 48.9 Å². The van der Waals surface area contributed by atoms with Gasteiger partial charge in [-0.15, -0.1) is 0 Å². The van der Waals surface area contributed by atoms with Crippen molar-refractivity contribution in [1.82, 2.24) is 14.9 Å². The topological polar surface area (TPSA) is 29.9 Å². The van der Waals surface area contributed by atoms with Gasteiger partial charge in [-0.1, -0.05) is 27.7 Å². The maximum atomic E-state index is 4.63. The highest BCUT2D eigenvalue weighted by Gasteiger charge is 2.39. The van der Waals surface area contributed by atoms with Crippen molar-refractivity contribution in [2.75, 3.05) is 6.54 Å². The molecule has 0 saturated heterocycles. The van der Waals surface area contributed by atoms with Crippen molar-refractivity contribution in [2.45, 2.75) is 66.0 Å². The molecule has 1 saturated carbocycles. The lowest BCUT2D eigenvalue weighted by molar-refractivity contribution is 0.0711. The molecule has 0 aromatic carbocycles. The van der Waals surface area contributed by atoms with Gasteiger partial charge < -0.3 is 9.88 Å². The van der Waals surface area contributed by atoms with Gasteiger partial charge in [0.25, 0.3) is 0 Å². The van der Waals surface area contributed by atoms with E-state index in [0.29, 0.717) is 16.9 Å². The molecule has 3 nitrogen and oxygen atoms in total. The van der Waals surface area contributed by atoms with E-state index in [9.17, 15) is 0 Å². The molecule has 1 aromatic heterocycles. The predicted molar refractivity (Wildman–Crippen MR) is 78.1 cm³/mol. The van der Waals surface area contributed by atoms with Gasteiger partial charge in [0, 0.05) is 31.2 Å². The molecule has 0 amide bonds. The molecule has 1 aromatic rings. The van der Waals surface area contributed by atoms with Crippen molar-refractivity contribution in [1.29, 1.82) is 0 Å². The Labute approximate surface area is 116 Å². The summed E-state index contributed by atoms with van der Waals surface area (Å²) in [5.41, 5.74) is 3.64. The van der Waals surface area contributed by atoms with Gasteiger partial charge in [-0.05, 0) is 30.1 Å². The summed E-state index contributed by atoms with van der Waals surface area (Å²) < 4.78 is 2.50. The van der Waals surface area contributed by atoms with Crippen LogP contribution in [0.2, 0.25) is 0 Å². The number of nitrogens with zero attached hydrogens (tertiary/aromatic N) is 2. The zero-order chi connectivity index (χ0) is 13.7. The van der Waals surface area contributed by atoms with Crippen LogP contribution in [-0.4, -0.2) is 16.1 Å². The van der Waals surface area contributed by atoms with Crippen LogP contribution in [0, 0.1) is 10.8 Å². The molecule has 3 heteroatoms. The first-order valence-corrected chi connectivity index (χ1v) is 7.62. The Morgan fingerprint density at radius 1 is 1.21 bits per heavy atom. The van der Waals surface area contributed by atoms with Gasteiger partial charge in [-0.2, -0.15) is 0 Å². The van der Waals surface area contributed by atoms with Crippen molar-refractivity contribution < 1.29 is 0 Å². The van der Waals surface area contributed by atoms with Crippen molar-refractivity contribution in [3.8, 4) is 0 Å². The zero-order valence-corrected chi connectivity index (χ0v) is 12.8. The second kappa shape index (κ2) is 4.34. The Morgan fingerprint density at radius 3 is 2.58 bits per heavy atom. The van der Waals surface area contributed by atoms with Crippen LogP contribution in [0.3, 0.4) is 0 Å². The standard InChI is InChI=1S/C16H27N3/c1-15(2)7-12(8-16(3,4)10-15)19-11-18-13-9-17-6-5-14(13)19/h11-12,17H,5-10H2,1-4H3. The van der Waals surface area contributed by atoms with E-state index in [1.807, 2.05) is 0 Å². The molecule has 0 bridgehead atoms. The quantitative estimate of drug-likeness (QED) is 0.840. The highest BCUT2D eigenvalue weighted by Crippen LogP contribution is 2.50. The summed E-state index contributed by atoms with van der Waals surface area (Å²) >= 11 is 0. The SMILES string of the molecule is CC1(C)CC(n2cnc3c2CCNC3)CC(C)(C)C1. The number of fused-ring (bicyclic) bond motifs is 1. The lowest BCUT2D eigenvalue weighted by Crippen LogP contribution is -2.36. The first-order chi connectivity index (χ1) is 8.86. The van der Waals surface area contributed by atoms with Crippen LogP contribution in [0.4, 0.5) is 0 Å². The van der Waals surface area contributed by atoms with Crippen molar-refractivity contribution in [3.63, 3.8) is 0 Å². The van der Waals surface area contributed by atoms with Gasteiger partial charge >= 0.3 is 0 Å². The zero-order valence-electron chi connectivity index (χ0n) is 12.8. The molecular weight excluding hydrogens is 234 g/mol. The first-order valence-electron chi connectivity index (χ1n) is 7.62. The summed E-state index contributed by atoms with van der Waals surface area (Å²) in [6.07, 6.45) is 7.13. The molecule has 2 heterocycles. The van der Waals surface area contributed by atoms with E-state index in [-0.39, 0.29) is 0 Å². The number of nitrogens with one attached hydrogen (secondary N) is 1. The summed E-state index contributed by atoms with van der Waals surface area (Å²) in [7, 11) is 0. The predicted octanol–water partition coefficient (Wildman–Crippen LogP) is 3.31. The van der Waals surface area contributed by atoms with Crippen LogP contribution in [0.15, 0.2) is 6.33 Å². The second-order valence-corrected chi connectivity index (χ2v) is 8.04. The third kappa shape index (κ3) is 2.58. The largest absolute Gasteiger partial charge is 0.331 e. The maximum absolute atomic E-state index is 4.63. The molecular formula is C16H27N3. The molecule has 106 valence electrons. The second-order valence-electron chi connectivity index (χ2n) is 8.04. The molecule has 2 aliphatic rings. The number of rotatable bonds is 1. The normalized spacial score (nSPS) is 26.1. The fourth-order valence-corrected chi connectivity index (χ4v) is 4.56. The molecule has 1 aliphatic heterocycles. The molecule has 0 unspecified atom stereocenters. The minimum Gasteiger partial charge on any atom is -0.331 e. The molecule has 0 radical (unpaired) electrons. The Hall–Kier alpha value is -0.830. The van der Waals surface area contributed by atoms with Crippen LogP contribution in [0.5, 0.6) is 0 Å². The van der Waals surface area contributed by atoms with E-state index < -0.39 is 0 Å². The van der Waals surface area contributed by atoms with Gasteiger partial charge in [0.15, 0.2) is 0 Å². The Balaban J connectivity index is 1.91. The van der Waals surface area contributed by atoms with E-state index >= 15 is 0 Å². The lowest BCUT2D eigenvalue weighted by Gasteiger charge is -2.45. The molecule has 19 heavy (non-hydrogen) atoms. The first kappa shape index (κ1) is 13.2. The third-order valence-corrected chi connectivity index (χ3v) is 4.74. The molecule has 0 spiro atoms. The summed E-state index contributed by atoms with van der Waals surface area (Å²) in [5.74, 6) is 0. The van der Waals surface area contributed by atoms with Crippen LogP contribution >= 0.6 is 0 Å². The monoisotopic (exact) mass is 261 g/mol. The maximum Gasteiger partial charge on any atom is 0.0954 e. The van der Waals surface area contributed by atoms with Crippen molar-refractivity contribution >= 4 is 0 Å². The summed E-state index contributed by atoms with van der Waals surface area (Å²) in [6, 6.07) is 0.632. The minimum absolute atomic E-state index is 0.441. The number of hydrogen-bond donors (Lipinski definition) is 1. The van der Waals surface area contributed by atoms with Gasteiger partial charge in [-0.25, -0.2) is 4.98 Å². The van der Waals surface area contributed by atoms with Crippen LogP contribution in [-0.2, 0) is 13.0 Å². The third-order valence-electron chi connectivity index (χ3n) is 4.74. The summed E-state index contributed by atoms with van der Waals surface area (Å²) in [6.45, 7) is 11.7. The lowest BCUT2D eigenvalue weighted by atomic mass is 9.63. The number of imidazole rings is 1. The van der Waals surface area contributed by atoms with Crippen molar-refractivity contribution in [3.05, 3.63) is 17.7 Å². The molecule has 1 fully saturated rings. The molecule has 1 N–H and O–H groups in total. The van der Waals surface area contributed by atoms with Gasteiger partial charge in [0.05, 0.1) is 12.0 Å². The smallest absolute Gasteiger partial charge is 0.0954 e. The van der Waals surface area contributed by atoms with Crippen LogP contribution in [0.1, 0.15) is 64.4 Å². The molecule has 1 aliphatic carbocycles. The summed E-state index contributed by atoms with van der Waals surface area (Å²) in [4.78, 5) is 4.63. The highest BCUT2D eigenvalue weighted by atomic mass is 15.1. The van der Waals surface area contributed by atoms with E-state index in [4.69, 9.17) is 0 Å². The minimum atomic E-state index is 0.441. The van der Waals surface area contributed by atoms with Crippen LogP contribution < -0.4 is 5.32 Å². The molecule has 0 atom stereocenters. The van der Waals surface area contributed by atoms with E-state index in [1.54, 1.807) is 0 Å². The number of hydrogen-bond acceptors (Lipinski definition) is 2. The fourth-order valence-electron chi connectivity index (χ4n) is 4.56. The average molecular weight is 261 g/mol. The van der Waals surface area contributed by atoms with E-state index in [0.717, 1.165) is 19.5 Å². The van der Waals surface area contributed by atoms with Crippen molar-refractivity contribution in [2.24, 2.45) is 10.8 Å². The fraction of sp³-hybridized carbons (Fsp3) is 0.812. The number of aromatic nitrogens is 2. The van der Waals surface area contributed by atoms with Gasteiger partial charge in [0.2, 0.25) is 0 Å².